The van der Waals surface area contributed by atoms with Crippen molar-refractivity contribution in [2.45, 2.75) is 43.9 Å². The van der Waals surface area contributed by atoms with Gasteiger partial charge in [0.2, 0.25) is 5.79 Å². The molecular weight excluding hydrogens is 250 g/mol. The Morgan fingerprint density at radius 2 is 2.24 bits per heavy atom. The van der Waals surface area contributed by atoms with E-state index in [-0.39, 0.29) is 12.7 Å². The summed E-state index contributed by atoms with van der Waals surface area (Å²) < 4.78 is 31.0. The zero-order valence-corrected chi connectivity index (χ0v) is 10.4. The molecule has 0 saturated carbocycles. The Balaban J connectivity index is 2.10. The molecule has 0 spiro atoms. The highest BCUT2D eigenvalue weighted by atomic mass is 31.2. The Hall–Kier alpha value is 0.0549. The number of aliphatic hydroxyl groups is 1. The summed E-state index contributed by atoms with van der Waals surface area (Å²) >= 11 is 0. The molecule has 7 nitrogen and oxygen atoms in total. The summed E-state index contributed by atoms with van der Waals surface area (Å²) in [5.41, 5.74) is 0. The zero-order chi connectivity index (χ0) is 12.8. The highest BCUT2D eigenvalue weighted by molar-refractivity contribution is 7.47. The predicted molar refractivity (Wildman–Crippen MR) is 56.2 cm³/mol. The van der Waals surface area contributed by atoms with E-state index >= 15 is 0 Å². The number of hydrogen-bond acceptors (Lipinski definition) is 6. The number of fused-ring (bicyclic) bond motifs is 1. The normalized spacial score (nSPS) is 49.8. The van der Waals surface area contributed by atoms with Crippen molar-refractivity contribution in [2.75, 3.05) is 6.61 Å². The fourth-order valence-electron chi connectivity index (χ4n) is 1.80. The third-order valence-electron chi connectivity index (χ3n) is 2.58. The van der Waals surface area contributed by atoms with Crippen LogP contribution in [0.15, 0.2) is 0 Å². The Morgan fingerprint density at radius 1 is 1.59 bits per heavy atom. The molecule has 5 atom stereocenters. The van der Waals surface area contributed by atoms with Crippen LogP contribution < -0.4 is 0 Å². The molecule has 0 aliphatic carbocycles. The Kier molecular flexibility index (Phi) is 3.42. The van der Waals surface area contributed by atoms with Crippen molar-refractivity contribution in [1.29, 1.82) is 0 Å². The van der Waals surface area contributed by atoms with Crippen molar-refractivity contribution in [1.82, 2.24) is 0 Å². The SMILES string of the molecule is [B][C@@H]1O[C@H](COC(C)C)[C@@H]2OP(=O)(O)OC12O. The molecule has 0 aromatic heterocycles. The summed E-state index contributed by atoms with van der Waals surface area (Å²) in [5, 5.41) is 9.99. The smallest absolute Gasteiger partial charge is 0.376 e. The van der Waals surface area contributed by atoms with E-state index in [1.165, 1.54) is 0 Å². The first-order chi connectivity index (χ1) is 7.74. The highest BCUT2D eigenvalue weighted by Gasteiger charge is 2.65. The topological polar surface area (TPSA) is 94.5 Å². The van der Waals surface area contributed by atoms with Crippen LogP contribution >= 0.6 is 7.82 Å². The van der Waals surface area contributed by atoms with Crippen LogP contribution in [0.2, 0.25) is 0 Å². The quantitative estimate of drug-likeness (QED) is 0.524. The Morgan fingerprint density at radius 3 is 2.82 bits per heavy atom. The molecule has 2 fully saturated rings. The maximum Gasteiger partial charge on any atom is 0.475 e. The van der Waals surface area contributed by atoms with E-state index in [0.717, 1.165) is 0 Å². The minimum absolute atomic E-state index is 0.0493. The van der Waals surface area contributed by atoms with Crippen molar-refractivity contribution < 1.29 is 33.1 Å². The van der Waals surface area contributed by atoms with Gasteiger partial charge in [-0.2, -0.15) is 0 Å². The van der Waals surface area contributed by atoms with Gasteiger partial charge in [0.25, 0.3) is 0 Å². The minimum Gasteiger partial charge on any atom is -0.376 e. The van der Waals surface area contributed by atoms with Crippen molar-refractivity contribution in [3.8, 4) is 0 Å². The van der Waals surface area contributed by atoms with E-state index < -0.39 is 31.8 Å². The summed E-state index contributed by atoms with van der Waals surface area (Å²) in [7, 11) is 1.23. The molecule has 2 saturated heterocycles. The minimum atomic E-state index is -4.27. The van der Waals surface area contributed by atoms with Gasteiger partial charge < -0.3 is 19.5 Å². The molecule has 2 aliphatic heterocycles. The molecule has 2 radical (unpaired) electrons. The van der Waals surface area contributed by atoms with E-state index in [0.29, 0.717) is 0 Å². The molecule has 2 aliphatic rings. The van der Waals surface area contributed by atoms with Gasteiger partial charge in [0.1, 0.15) is 14.0 Å². The van der Waals surface area contributed by atoms with Crippen LogP contribution in [0.1, 0.15) is 13.8 Å². The van der Waals surface area contributed by atoms with Crippen molar-refractivity contribution >= 4 is 15.7 Å². The standard InChI is InChI=1S/C8H14BO7P/c1-4(2)13-3-5-6-8(10,7(9)14-5)16-17(11,12)15-6/h4-7,10H,3H2,1-2H3,(H,11,12)/t5-,6+,7-,8?/m1/s1. The van der Waals surface area contributed by atoms with Gasteiger partial charge in [0, 0.05) is 0 Å². The molecule has 17 heavy (non-hydrogen) atoms. The number of phosphoric ester groups is 1. The maximum absolute atomic E-state index is 11.3. The van der Waals surface area contributed by atoms with Crippen LogP contribution in [0.4, 0.5) is 0 Å². The van der Waals surface area contributed by atoms with E-state index in [4.69, 9.17) is 21.8 Å². The highest BCUT2D eigenvalue weighted by Crippen LogP contribution is 2.60. The van der Waals surface area contributed by atoms with E-state index in [1.54, 1.807) is 0 Å². The summed E-state index contributed by atoms with van der Waals surface area (Å²) in [6.45, 7) is 3.73. The molecule has 0 aromatic rings. The Labute approximate surface area is 100 Å². The van der Waals surface area contributed by atoms with Crippen LogP contribution in [-0.2, 0) is 23.1 Å². The van der Waals surface area contributed by atoms with E-state index in [9.17, 15) is 14.6 Å². The van der Waals surface area contributed by atoms with Crippen LogP contribution in [0.25, 0.3) is 0 Å². The summed E-state index contributed by atoms with van der Waals surface area (Å²) in [6.07, 6.45) is -1.93. The van der Waals surface area contributed by atoms with Gasteiger partial charge in [-0.05, 0) is 13.8 Å². The average molecular weight is 264 g/mol. The third-order valence-corrected chi connectivity index (χ3v) is 3.59. The molecule has 0 amide bonds. The predicted octanol–water partition coefficient (Wildman–Crippen LogP) is -0.491. The van der Waals surface area contributed by atoms with Crippen molar-refractivity contribution in [3.63, 3.8) is 0 Å². The number of phosphoric acid groups is 1. The third kappa shape index (κ3) is 2.44. The van der Waals surface area contributed by atoms with Gasteiger partial charge >= 0.3 is 7.82 Å². The second-order valence-electron chi connectivity index (χ2n) is 4.31. The van der Waals surface area contributed by atoms with Crippen molar-refractivity contribution in [2.24, 2.45) is 0 Å². The van der Waals surface area contributed by atoms with Crippen LogP contribution in [0, 0.1) is 0 Å². The summed E-state index contributed by atoms with van der Waals surface area (Å²) in [4.78, 5) is 9.18. The lowest BCUT2D eigenvalue weighted by Gasteiger charge is -2.21. The fourth-order valence-corrected chi connectivity index (χ4v) is 2.99. The molecular formula is C8H14BO7P. The van der Waals surface area contributed by atoms with Gasteiger partial charge in [-0.1, -0.05) is 0 Å². The maximum atomic E-state index is 11.3. The second-order valence-corrected chi connectivity index (χ2v) is 5.65. The number of hydrogen-bond donors (Lipinski definition) is 2. The Bertz CT molecular complexity index is 351. The molecule has 2 rings (SSSR count). The first kappa shape index (κ1) is 13.5. The molecule has 96 valence electrons. The molecule has 9 heteroatoms. The van der Waals surface area contributed by atoms with Gasteiger partial charge in [0.05, 0.1) is 18.7 Å². The number of rotatable bonds is 3. The average Bonchev–Trinajstić information content (AvgIpc) is 2.54. The second kappa shape index (κ2) is 4.31. The van der Waals surface area contributed by atoms with Gasteiger partial charge in [0.15, 0.2) is 6.10 Å². The largest absolute Gasteiger partial charge is 0.475 e. The zero-order valence-electron chi connectivity index (χ0n) is 9.48. The van der Waals surface area contributed by atoms with Gasteiger partial charge in [-0.3, -0.25) is 4.52 Å². The van der Waals surface area contributed by atoms with Gasteiger partial charge in [-0.25, -0.2) is 9.09 Å². The lowest BCUT2D eigenvalue weighted by molar-refractivity contribution is -0.153. The summed E-state index contributed by atoms with van der Waals surface area (Å²) in [5.74, 6) is -2.10. The van der Waals surface area contributed by atoms with Crippen molar-refractivity contribution in [3.05, 3.63) is 0 Å². The van der Waals surface area contributed by atoms with E-state index in [2.05, 4.69) is 4.52 Å². The molecule has 2 unspecified atom stereocenters. The van der Waals surface area contributed by atoms with Gasteiger partial charge in [-0.15, -0.1) is 0 Å². The summed E-state index contributed by atoms with van der Waals surface area (Å²) in [6, 6.07) is -1.25. The molecule has 0 bridgehead atoms. The first-order valence-electron chi connectivity index (χ1n) is 5.21. The van der Waals surface area contributed by atoms with Crippen LogP contribution in [0.5, 0.6) is 0 Å². The lowest BCUT2D eigenvalue weighted by Crippen LogP contribution is -2.46. The monoisotopic (exact) mass is 264 g/mol. The number of ether oxygens (including phenoxy) is 2. The van der Waals surface area contributed by atoms with Crippen LogP contribution in [0.3, 0.4) is 0 Å². The van der Waals surface area contributed by atoms with E-state index in [1.807, 2.05) is 13.8 Å². The fraction of sp³-hybridized carbons (Fsp3) is 1.00. The van der Waals surface area contributed by atoms with Crippen LogP contribution in [-0.4, -0.2) is 54.6 Å². The molecule has 0 aromatic carbocycles. The molecule has 2 heterocycles. The molecule has 2 N–H and O–H groups in total. The lowest BCUT2D eigenvalue weighted by atomic mass is 9.90. The first-order valence-corrected chi connectivity index (χ1v) is 6.71.